The van der Waals surface area contributed by atoms with E-state index < -0.39 is 35.4 Å². The lowest BCUT2D eigenvalue weighted by Crippen LogP contribution is -2.63. The number of guanidine groups is 1. The molecule has 12 nitrogen and oxygen atoms in total. The number of carbonyl (C=O) groups excluding carboxylic acids is 3. The van der Waals surface area contributed by atoms with E-state index in [-0.39, 0.29) is 42.4 Å². The monoisotopic (exact) mass is 638 g/mol. The zero-order valence-electron chi connectivity index (χ0n) is 26.9. The van der Waals surface area contributed by atoms with Crippen LogP contribution in [0.1, 0.15) is 89.5 Å². The maximum atomic E-state index is 13.9. The lowest BCUT2D eigenvalue weighted by molar-refractivity contribution is -0.144. The molecule has 3 atom stereocenters. The zero-order chi connectivity index (χ0) is 33.1. The summed E-state index contributed by atoms with van der Waals surface area (Å²) in [6, 6.07) is 4.32. The van der Waals surface area contributed by atoms with E-state index in [4.69, 9.17) is 11.1 Å². The minimum absolute atomic E-state index is 0.0109. The fraction of sp³-hybridized carbons (Fsp3) is 0.676. The standard InChI is InChI=1S/C34H50N6O6/c1-33(17-21-6-8-25(41)9-7-21,31(46)38-26(30(44)45)4-2-12-37-32(35)36)39-29(43)27-5-3-13-40(27)28(42)10-11-34-18-22-14-23(19-34)16-24(15-22)20-34/h6-9,22-24,26-27,41H,2-5,10-20H2,1H3,(H,38,46)(H,39,43)(H,44,45)(H4,35,36,37)/t22?,23?,24?,26-,27-,33-,34?/m0/s1. The number of aromatic hydroxyl groups is 1. The van der Waals surface area contributed by atoms with Crippen molar-refractivity contribution < 1.29 is 29.4 Å². The molecule has 12 heteroatoms. The van der Waals surface area contributed by atoms with Gasteiger partial charge in [0.15, 0.2) is 5.96 Å². The Kier molecular flexibility index (Phi) is 10.1. The number of rotatable bonds is 14. The smallest absolute Gasteiger partial charge is 0.326 e. The van der Waals surface area contributed by atoms with E-state index in [0.29, 0.717) is 37.8 Å². The molecule has 0 aromatic heterocycles. The van der Waals surface area contributed by atoms with E-state index in [2.05, 4.69) is 16.0 Å². The van der Waals surface area contributed by atoms with Crippen molar-refractivity contribution in [3.8, 4) is 5.75 Å². The Hall–Kier alpha value is -3.83. The van der Waals surface area contributed by atoms with Crippen LogP contribution in [0.5, 0.6) is 5.75 Å². The van der Waals surface area contributed by atoms with Crippen LogP contribution < -0.4 is 21.7 Å². The van der Waals surface area contributed by atoms with Gasteiger partial charge in [-0.05, 0) is 118 Å². The van der Waals surface area contributed by atoms with Crippen LogP contribution in [-0.4, -0.2) is 75.5 Å². The molecule has 46 heavy (non-hydrogen) atoms. The van der Waals surface area contributed by atoms with Crippen molar-refractivity contribution in [2.45, 2.75) is 108 Å². The Morgan fingerprint density at radius 1 is 1.09 bits per heavy atom. The summed E-state index contributed by atoms with van der Waals surface area (Å²) in [5, 5.41) is 35.0. The number of phenolic OH excluding ortho intramolecular Hbond substituents is 1. The lowest BCUT2D eigenvalue weighted by atomic mass is 9.48. The first-order chi connectivity index (χ1) is 21.8. The molecule has 1 aliphatic heterocycles. The largest absolute Gasteiger partial charge is 0.508 e. The SMILES string of the molecule is C[C@@](Cc1ccc(O)cc1)(NC(=O)[C@@H]1CCCN1C(=O)CCC12CC3CC(CC(C3)C1)C2)C(=O)N[C@@H](CCCNC(=N)N)C(=O)O. The first-order valence-corrected chi connectivity index (χ1v) is 16.9. The average molecular weight is 639 g/mol. The van der Waals surface area contributed by atoms with Gasteiger partial charge in [0.2, 0.25) is 17.7 Å². The highest BCUT2D eigenvalue weighted by Crippen LogP contribution is 2.61. The van der Waals surface area contributed by atoms with E-state index in [9.17, 15) is 29.4 Å². The number of carboxylic acid groups (broad SMARTS) is 1. The highest BCUT2D eigenvalue weighted by atomic mass is 16.4. The maximum absolute atomic E-state index is 13.9. The van der Waals surface area contributed by atoms with Crippen molar-refractivity contribution in [1.29, 1.82) is 5.41 Å². The molecule has 0 radical (unpaired) electrons. The Morgan fingerprint density at radius 3 is 2.30 bits per heavy atom. The van der Waals surface area contributed by atoms with E-state index >= 15 is 0 Å². The molecule has 1 aromatic carbocycles. The maximum Gasteiger partial charge on any atom is 0.326 e. The zero-order valence-corrected chi connectivity index (χ0v) is 26.9. The van der Waals surface area contributed by atoms with Crippen LogP contribution in [0.3, 0.4) is 0 Å². The van der Waals surface area contributed by atoms with Crippen LogP contribution in [0, 0.1) is 28.6 Å². The number of nitrogens with one attached hydrogen (secondary N) is 4. The van der Waals surface area contributed by atoms with Crippen molar-refractivity contribution in [1.82, 2.24) is 20.9 Å². The summed E-state index contributed by atoms with van der Waals surface area (Å²) in [5.41, 5.74) is 4.68. The molecule has 8 N–H and O–H groups in total. The predicted molar refractivity (Wildman–Crippen MR) is 172 cm³/mol. The number of likely N-dealkylation sites (tertiary alicyclic amines) is 1. The summed E-state index contributed by atoms with van der Waals surface area (Å²) in [6.07, 6.45) is 10.7. The van der Waals surface area contributed by atoms with Gasteiger partial charge in [-0.15, -0.1) is 0 Å². The fourth-order valence-corrected chi connectivity index (χ4v) is 9.11. The number of amides is 3. The van der Waals surface area contributed by atoms with Crippen LogP contribution in [0.2, 0.25) is 0 Å². The van der Waals surface area contributed by atoms with E-state index in [1.54, 1.807) is 24.0 Å². The predicted octanol–water partition coefficient (Wildman–Crippen LogP) is 2.63. The van der Waals surface area contributed by atoms with E-state index in [1.165, 1.54) is 50.7 Å². The fourth-order valence-electron chi connectivity index (χ4n) is 9.11. The van der Waals surface area contributed by atoms with Crippen LogP contribution in [0.15, 0.2) is 24.3 Å². The third-order valence-corrected chi connectivity index (χ3v) is 10.9. The molecular weight excluding hydrogens is 588 g/mol. The minimum atomic E-state index is -1.55. The molecule has 3 amide bonds. The Bertz CT molecular complexity index is 1280. The second-order valence-electron chi connectivity index (χ2n) is 14.7. The molecule has 4 saturated carbocycles. The average Bonchev–Trinajstić information content (AvgIpc) is 3.48. The van der Waals surface area contributed by atoms with E-state index in [1.807, 2.05) is 0 Å². The van der Waals surface area contributed by atoms with Crippen molar-refractivity contribution in [2.24, 2.45) is 28.9 Å². The topological polar surface area (TPSA) is 198 Å². The van der Waals surface area contributed by atoms with Gasteiger partial charge in [-0.1, -0.05) is 12.1 Å². The third kappa shape index (κ3) is 7.93. The molecule has 1 aromatic rings. The number of carbonyl (C=O) groups is 4. The number of carboxylic acids is 1. The van der Waals surface area contributed by atoms with Crippen LogP contribution in [0.25, 0.3) is 0 Å². The molecule has 0 unspecified atom stereocenters. The minimum Gasteiger partial charge on any atom is -0.508 e. The first kappa shape index (κ1) is 33.5. The lowest BCUT2D eigenvalue weighted by Gasteiger charge is -2.57. The summed E-state index contributed by atoms with van der Waals surface area (Å²) in [7, 11) is 0. The summed E-state index contributed by atoms with van der Waals surface area (Å²) >= 11 is 0. The number of benzene rings is 1. The summed E-state index contributed by atoms with van der Waals surface area (Å²) in [6.45, 7) is 2.32. The second kappa shape index (κ2) is 13.9. The van der Waals surface area contributed by atoms with E-state index in [0.717, 1.165) is 24.2 Å². The van der Waals surface area contributed by atoms with Gasteiger partial charge in [-0.25, -0.2) is 4.79 Å². The van der Waals surface area contributed by atoms with Gasteiger partial charge in [0.05, 0.1) is 0 Å². The molecule has 1 heterocycles. The van der Waals surface area contributed by atoms with Crippen LogP contribution in [-0.2, 0) is 25.6 Å². The highest BCUT2D eigenvalue weighted by molar-refractivity contribution is 5.96. The summed E-state index contributed by atoms with van der Waals surface area (Å²) < 4.78 is 0. The number of nitrogens with two attached hydrogens (primary N) is 1. The van der Waals surface area contributed by atoms with Gasteiger partial charge in [-0.2, -0.15) is 0 Å². The summed E-state index contributed by atoms with van der Waals surface area (Å²) in [5.74, 6) is -0.0894. The van der Waals surface area contributed by atoms with Crippen molar-refractivity contribution in [3.63, 3.8) is 0 Å². The van der Waals surface area contributed by atoms with Gasteiger partial charge in [-0.3, -0.25) is 19.8 Å². The second-order valence-corrected chi connectivity index (χ2v) is 14.7. The Morgan fingerprint density at radius 2 is 1.72 bits per heavy atom. The van der Waals surface area contributed by atoms with Gasteiger partial charge in [0, 0.05) is 25.9 Å². The molecule has 5 aliphatic rings. The van der Waals surface area contributed by atoms with Gasteiger partial charge >= 0.3 is 5.97 Å². The normalized spacial score (nSPS) is 28.2. The Balaban J connectivity index is 1.25. The van der Waals surface area contributed by atoms with Crippen LogP contribution >= 0.6 is 0 Å². The number of aliphatic carboxylic acids is 1. The summed E-state index contributed by atoms with van der Waals surface area (Å²) in [4.78, 5) is 55.0. The van der Waals surface area contributed by atoms with Gasteiger partial charge in [0.1, 0.15) is 23.4 Å². The molecule has 4 bridgehead atoms. The van der Waals surface area contributed by atoms with Gasteiger partial charge in [0.25, 0.3) is 0 Å². The third-order valence-electron chi connectivity index (χ3n) is 10.9. The van der Waals surface area contributed by atoms with Crippen LogP contribution in [0.4, 0.5) is 0 Å². The molecule has 1 saturated heterocycles. The number of phenols is 1. The quantitative estimate of drug-likeness (QED) is 0.0916. The van der Waals surface area contributed by atoms with Crippen molar-refractivity contribution in [3.05, 3.63) is 29.8 Å². The molecule has 6 rings (SSSR count). The van der Waals surface area contributed by atoms with Crippen molar-refractivity contribution in [2.75, 3.05) is 13.1 Å². The number of hydrogen-bond acceptors (Lipinski definition) is 6. The molecule has 0 spiro atoms. The number of hydrogen-bond donors (Lipinski definition) is 7. The molecular formula is C34H50N6O6. The van der Waals surface area contributed by atoms with Gasteiger partial charge < -0.3 is 36.8 Å². The number of nitrogens with zero attached hydrogens (tertiary/aromatic N) is 1. The molecule has 5 fully saturated rings. The molecule has 4 aliphatic carbocycles. The first-order valence-electron chi connectivity index (χ1n) is 16.9. The highest BCUT2D eigenvalue weighted by Gasteiger charge is 2.51. The Labute approximate surface area is 270 Å². The molecule has 252 valence electrons. The van der Waals surface area contributed by atoms with Crippen molar-refractivity contribution >= 4 is 29.7 Å².